The zero-order valence-electron chi connectivity index (χ0n) is 13.2. The monoisotopic (exact) mass is 294 g/mol. The topological polar surface area (TPSA) is 70.4 Å². The standard InChI is InChI=1S/C15H26N4O2/c1-4-13-12(14(5-2)18(3)17-13)8-16-15(21)19-7-6-11(9-19)10-20/h11,20H,4-10H2,1-3H3,(H,16,21). The van der Waals surface area contributed by atoms with Gasteiger partial charge in [0.1, 0.15) is 0 Å². The quantitative estimate of drug-likeness (QED) is 0.853. The molecule has 0 aliphatic carbocycles. The molecule has 6 heteroatoms. The Labute approximate surface area is 126 Å². The Hall–Kier alpha value is -1.56. The summed E-state index contributed by atoms with van der Waals surface area (Å²) >= 11 is 0. The lowest BCUT2D eigenvalue weighted by molar-refractivity contribution is 0.198. The molecule has 2 rings (SSSR count). The molecular weight excluding hydrogens is 268 g/mol. The second kappa shape index (κ2) is 6.93. The SMILES string of the molecule is CCc1nn(C)c(CC)c1CNC(=O)N1CCC(CO)C1. The minimum Gasteiger partial charge on any atom is -0.396 e. The number of amides is 2. The van der Waals surface area contributed by atoms with Crippen LogP contribution in [0.25, 0.3) is 0 Å². The number of carbonyl (C=O) groups excluding carboxylic acids is 1. The molecule has 0 saturated carbocycles. The minimum atomic E-state index is -0.0427. The molecule has 2 heterocycles. The van der Waals surface area contributed by atoms with E-state index >= 15 is 0 Å². The second-order valence-electron chi connectivity index (χ2n) is 5.64. The molecule has 2 N–H and O–H groups in total. The van der Waals surface area contributed by atoms with E-state index in [1.54, 1.807) is 4.90 Å². The van der Waals surface area contributed by atoms with E-state index in [0.29, 0.717) is 13.1 Å². The number of aliphatic hydroxyl groups excluding tert-OH is 1. The van der Waals surface area contributed by atoms with Crippen molar-refractivity contribution in [3.05, 3.63) is 17.0 Å². The molecule has 118 valence electrons. The van der Waals surface area contributed by atoms with Crippen molar-refractivity contribution >= 4 is 6.03 Å². The van der Waals surface area contributed by atoms with E-state index in [4.69, 9.17) is 5.11 Å². The minimum absolute atomic E-state index is 0.0427. The fraction of sp³-hybridized carbons (Fsp3) is 0.733. The Morgan fingerprint density at radius 3 is 2.76 bits per heavy atom. The molecule has 21 heavy (non-hydrogen) atoms. The van der Waals surface area contributed by atoms with E-state index in [1.165, 1.54) is 5.69 Å². The molecular formula is C15H26N4O2. The second-order valence-corrected chi connectivity index (χ2v) is 5.64. The van der Waals surface area contributed by atoms with Gasteiger partial charge in [0, 0.05) is 50.5 Å². The van der Waals surface area contributed by atoms with Gasteiger partial charge in [0.15, 0.2) is 0 Å². The number of aliphatic hydroxyl groups is 1. The highest BCUT2D eigenvalue weighted by molar-refractivity contribution is 5.74. The average Bonchev–Trinajstić information content (AvgIpc) is 3.08. The number of urea groups is 1. The number of carbonyl (C=O) groups is 1. The Kier molecular flexibility index (Phi) is 5.22. The lowest BCUT2D eigenvalue weighted by Crippen LogP contribution is -2.38. The van der Waals surface area contributed by atoms with Crippen molar-refractivity contribution in [1.29, 1.82) is 0 Å². The van der Waals surface area contributed by atoms with Crippen molar-refractivity contribution < 1.29 is 9.90 Å². The third-order valence-electron chi connectivity index (χ3n) is 4.28. The number of hydrogen-bond acceptors (Lipinski definition) is 3. The highest BCUT2D eigenvalue weighted by Gasteiger charge is 2.25. The van der Waals surface area contributed by atoms with Gasteiger partial charge in [-0.25, -0.2) is 4.79 Å². The van der Waals surface area contributed by atoms with E-state index in [0.717, 1.165) is 37.1 Å². The smallest absolute Gasteiger partial charge is 0.317 e. The Balaban J connectivity index is 1.98. The van der Waals surface area contributed by atoms with Gasteiger partial charge in [0.05, 0.1) is 5.69 Å². The van der Waals surface area contributed by atoms with Crippen LogP contribution < -0.4 is 5.32 Å². The van der Waals surface area contributed by atoms with Gasteiger partial charge in [-0.2, -0.15) is 5.10 Å². The zero-order chi connectivity index (χ0) is 15.4. The molecule has 0 bridgehead atoms. The first-order chi connectivity index (χ1) is 10.1. The summed E-state index contributed by atoms with van der Waals surface area (Å²) in [6, 6.07) is -0.0427. The van der Waals surface area contributed by atoms with Gasteiger partial charge in [-0.05, 0) is 19.3 Å². The number of rotatable bonds is 5. The van der Waals surface area contributed by atoms with E-state index in [9.17, 15) is 4.79 Å². The predicted molar refractivity (Wildman–Crippen MR) is 81.0 cm³/mol. The molecule has 1 saturated heterocycles. The lowest BCUT2D eigenvalue weighted by Gasteiger charge is -2.17. The van der Waals surface area contributed by atoms with Crippen LogP contribution in [0.3, 0.4) is 0 Å². The summed E-state index contributed by atoms with van der Waals surface area (Å²) in [6.07, 6.45) is 2.66. The van der Waals surface area contributed by atoms with Gasteiger partial charge in [-0.15, -0.1) is 0 Å². The van der Waals surface area contributed by atoms with Crippen LogP contribution in [-0.4, -0.2) is 45.5 Å². The Bertz CT molecular complexity index is 498. The van der Waals surface area contributed by atoms with Crippen LogP contribution in [0.15, 0.2) is 0 Å². The maximum Gasteiger partial charge on any atom is 0.317 e. The maximum atomic E-state index is 12.2. The van der Waals surface area contributed by atoms with Gasteiger partial charge in [-0.3, -0.25) is 4.68 Å². The third kappa shape index (κ3) is 3.37. The first-order valence-corrected chi connectivity index (χ1v) is 7.77. The van der Waals surface area contributed by atoms with E-state index in [2.05, 4.69) is 24.3 Å². The Morgan fingerprint density at radius 2 is 2.19 bits per heavy atom. The largest absolute Gasteiger partial charge is 0.396 e. The van der Waals surface area contributed by atoms with Crippen LogP contribution in [0, 0.1) is 5.92 Å². The summed E-state index contributed by atoms with van der Waals surface area (Å²) in [5.74, 6) is 0.228. The molecule has 0 radical (unpaired) electrons. The van der Waals surface area contributed by atoms with Gasteiger partial charge in [0.2, 0.25) is 0 Å². The van der Waals surface area contributed by atoms with E-state index in [1.807, 2.05) is 11.7 Å². The molecule has 1 atom stereocenters. The zero-order valence-corrected chi connectivity index (χ0v) is 13.2. The number of hydrogen-bond donors (Lipinski definition) is 2. The van der Waals surface area contributed by atoms with Gasteiger partial charge >= 0.3 is 6.03 Å². The van der Waals surface area contributed by atoms with Crippen molar-refractivity contribution in [2.24, 2.45) is 13.0 Å². The Morgan fingerprint density at radius 1 is 1.43 bits per heavy atom. The molecule has 2 amide bonds. The molecule has 0 spiro atoms. The fourth-order valence-corrected chi connectivity index (χ4v) is 3.04. The van der Waals surface area contributed by atoms with Crippen LogP contribution in [0.4, 0.5) is 4.79 Å². The fourth-order valence-electron chi connectivity index (χ4n) is 3.04. The molecule has 1 aromatic rings. The lowest BCUT2D eigenvalue weighted by atomic mass is 10.1. The van der Waals surface area contributed by atoms with Crippen molar-refractivity contribution in [3.63, 3.8) is 0 Å². The maximum absolute atomic E-state index is 12.2. The van der Waals surface area contributed by atoms with Crippen LogP contribution in [0.1, 0.15) is 37.2 Å². The molecule has 0 aromatic carbocycles. The first-order valence-electron chi connectivity index (χ1n) is 7.77. The van der Waals surface area contributed by atoms with Crippen molar-refractivity contribution in [1.82, 2.24) is 20.0 Å². The van der Waals surface area contributed by atoms with Gasteiger partial charge in [-0.1, -0.05) is 13.8 Å². The van der Waals surface area contributed by atoms with Crippen LogP contribution in [0.5, 0.6) is 0 Å². The van der Waals surface area contributed by atoms with Gasteiger partial charge < -0.3 is 15.3 Å². The van der Waals surface area contributed by atoms with Crippen molar-refractivity contribution in [2.75, 3.05) is 19.7 Å². The molecule has 1 unspecified atom stereocenters. The summed E-state index contributed by atoms with van der Waals surface area (Å²) < 4.78 is 1.91. The summed E-state index contributed by atoms with van der Waals surface area (Å²) in [4.78, 5) is 14.0. The van der Waals surface area contributed by atoms with Gasteiger partial charge in [0.25, 0.3) is 0 Å². The average molecular weight is 294 g/mol. The number of aryl methyl sites for hydroxylation is 2. The molecule has 1 aliphatic rings. The first kappa shape index (κ1) is 15.8. The normalized spacial score (nSPS) is 18.3. The molecule has 1 aromatic heterocycles. The highest BCUT2D eigenvalue weighted by atomic mass is 16.3. The number of nitrogens with one attached hydrogen (secondary N) is 1. The van der Waals surface area contributed by atoms with Crippen LogP contribution in [-0.2, 0) is 26.4 Å². The number of nitrogens with zero attached hydrogens (tertiary/aromatic N) is 3. The summed E-state index contributed by atoms with van der Waals surface area (Å²) in [5.41, 5.74) is 3.39. The summed E-state index contributed by atoms with van der Waals surface area (Å²) in [5, 5.41) is 16.7. The molecule has 1 aliphatic heterocycles. The third-order valence-corrected chi connectivity index (χ3v) is 4.28. The number of likely N-dealkylation sites (tertiary alicyclic amines) is 1. The highest BCUT2D eigenvalue weighted by Crippen LogP contribution is 2.17. The number of aromatic nitrogens is 2. The summed E-state index contributed by atoms with van der Waals surface area (Å²) in [6.45, 7) is 6.25. The molecule has 6 nitrogen and oxygen atoms in total. The predicted octanol–water partition coefficient (Wildman–Crippen LogP) is 1.07. The summed E-state index contributed by atoms with van der Waals surface area (Å²) in [7, 11) is 1.95. The molecule has 1 fully saturated rings. The van der Waals surface area contributed by atoms with Crippen LogP contribution in [0.2, 0.25) is 0 Å². The van der Waals surface area contributed by atoms with E-state index < -0.39 is 0 Å². The van der Waals surface area contributed by atoms with Crippen molar-refractivity contribution in [3.8, 4) is 0 Å². The van der Waals surface area contributed by atoms with Crippen molar-refractivity contribution in [2.45, 2.75) is 39.7 Å². The van der Waals surface area contributed by atoms with Crippen LogP contribution >= 0.6 is 0 Å². The van der Waals surface area contributed by atoms with E-state index in [-0.39, 0.29) is 18.6 Å².